The van der Waals surface area contributed by atoms with E-state index in [4.69, 9.17) is 16.3 Å². The maximum Gasteiger partial charge on any atom is 0.137 e. The number of anilines is 1. The topological polar surface area (TPSA) is 24.5 Å². The number of halogens is 1. The number of methoxy groups -OCH3 is 1. The summed E-state index contributed by atoms with van der Waals surface area (Å²) in [7, 11) is 1.64. The molecule has 0 amide bonds. The summed E-state index contributed by atoms with van der Waals surface area (Å²) in [5.74, 6) is 1.48. The summed E-state index contributed by atoms with van der Waals surface area (Å²) in [6.07, 6.45) is 1.25. The second-order valence-electron chi connectivity index (χ2n) is 4.73. The Hall–Kier alpha value is -0.930. The van der Waals surface area contributed by atoms with Gasteiger partial charge in [-0.1, -0.05) is 18.5 Å². The molecule has 1 atom stereocenters. The lowest BCUT2D eigenvalue weighted by Crippen LogP contribution is -2.26. The molecule has 2 rings (SSSR count). The normalized spacial score (nSPS) is 19.3. The summed E-state index contributed by atoms with van der Waals surface area (Å²) in [4.78, 5) is 2.40. The van der Waals surface area contributed by atoms with Crippen molar-refractivity contribution in [3.8, 4) is 5.75 Å². The van der Waals surface area contributed by atoms with Crippen LogP contribution in [0.5, 0.6) is 5.75 Å². The Kier molecular flexibility index (Phi) is 4.72. The van der Waals surface area contributed by atoms with Crippen molar-refractivity contribution in [1.82, 2.24) is 5.32 Å². The van der Waals surface area contributed by atoms with Crippen LogP contribution in [-0.2, 0) is 0 Å². The van der Waals surface area contributed by atoms with E-state index >= 15 is 0 Å². The maximum absolute atomic E-state index is 6.16. The van der Waals surface area contributed by atoms with Gasteiger partial charge in [0.05, 0.1) is 12.1 Å². The summed E-state index contributed by atoms with van der Waals surface area (Å²) in [5.41, 5.74) is 1.19. The van der Waals surface area contributed by atoms with Crippen molar-refractivity contribution >= 4 is 17.3 Å². The predicted octanol–water partition coefficient (Wildman–Crippen LogP) is 2.78. The molecule has 1 aromatic rings. The Morgan fingerprint density at radius 2 is 2.33 bits per heavy atom. The summed E-state index contributed by atoms with van der Waals surface area (Å²) in [6, 6.07) is 6.02. The Bertz CT molecular complexity index is 397. The van der Waals surface area contributed by atoms with Crippen molar-refractivity contribution in [3.63, 3.8) is 0 Å². The summed E-state index contributed by atoms with van der Waals surface area (Å²) in [6.45, 7) is 6.52. The minimum absolute atomic E-state index is 0.685. The molecule has 1 unspecified atom stereocenters. The number of nitrogens with zero attached hydrogens (tertiary/aromatic N) is 1. The number of benzene rings is 1. The summed E-state index contributed by atoms with van der Waals surface area (Å²) in [5, 5.41) is 4.10. The van der Waals surface area contributed by atoms with Gasteiger partial charge in [0.25, 0.3) is 0 Å². The van der Waals surface area contributed by atoms with Crippen LogP contribution in [0.4, 0.5) is 5.69 Å². The molecular formula is C14H21ClN2O. The van der Waals surface area contributed by atoms with E-state index in [0.717, 1.165) is 37.8 Å². The van der Waals surface area contributed by atoms with Gasteiger partial charge >= 0.3 is 0 Å². The molecule has 100 valence electrons. The lowest BCUT2D eigenvalue weighted by molar-refractivity contribution is 0.415. The van der Waals surface area contributed by atoms with Gasteiger partial charge in [-0.15, -0.1) is 0 Å². The zero-order chi connectivity index (χ0) is 13.0. The van der Waals surface area contributed by atoms with Crippen LogP contribution in [-0.4, -0.2) is 33.3 Å². The van der Waals surface area contributed by atoms with Gasteiger partial charge in [0.1, 0.15) is 5.75 Å². The van der Waals surface area contributed by atoms with Gasteiger partial charge in [-0.05, 0) is 43.6 Å². The van der Waals surface area contributed by atoms with E-state index in [1.807, 2.05) is 12.1 Å². The highest BCUT2D eigenvalue weighted by Gasteiger charge is 2.22. The molecule has 18 heavy (non-hydrogen) atoms. The molecule has 1 heterocycles. The molecule has 1 aliphatic heterocycles. The quantitative estimate of drug-likeness (QED) is 0.889. The van der Waals surface area contributed by atoms with Crippen LogP contribution in [0.1, 0.15) is 13.3 Å². The van der Waals surface area contributed by atoms with Crippen LogP contribution in [0.25, 0.3) is 0 Å². The smallest absolute Gasteiger partial charge is 0.137 e. The standard InChI is InChI=1S/C14H21ClN2O/c1-3-16-9-11-6-7-17(10-11)12-4-5-14(18-2)13(15)8-12/h4-5,8,11,16H,3,6-7,9-10H2,1-2H3. The molecule has 1 fully saturated rings. The Morgan fingerprint density at radius 3 is 3.00 bits per heavy atom. The van der Waals surface area contributed by atoms with E-state index in [-0.39, 0.29) is 0 Å². The average molecular weight is 269 g/mol. The lowest BCUT2D eigenvalue weighted by Gasteiger charge is -2.19. The van der Waals surface area contributed by atoms with Crippen molar-refractivity contribution in [3.05, 3.63) is 23.2 Å². The van der Waals surface area contributed by atoms with Crippen molar-refractivity contribution in [2.24, 2.45) is 5.92 Å². The van der Waals surface area contributed by atoms with Gasteiger partial charge in [0, 0.05) is 18.8 Å². The van der Waals surface area contributed by atoms with E-state index in [2.05, 4.69) is 23.2 Å². The molecule has 0 saturated carbocycles. The predicted molar refractivity (Wildman–Crippen MR) is 76.9 cm³/mol. The number of rotatable bonds is 5. The molecular weight excluding hydrogens is 248 g/mol. The lowest BCUT2D eigenvalue weighted by atomic mass is 10.1. The molecule has 1 aromatic carbocycles. The highest BCUT2D eigenvalue weighted by molar-refractivity contribution is 6.32. The van der Waals surface area contributed by atoms with E-state index in [1.165, 1.54) is 12.1 Å². The highest BCUT2D eigenvalue weighted by atomic mass is 35.5. The maximum atomic E-state index is 6.16. The molecule has 0 radical (unpaired) electrons. The SMILES string of the molecule is CCNCC1CCN(c2ccc(OC)c(Cl)c2)C1. The second kappa shape index (κ2) is 6.30. The second-order valence-corrected chi connectivity index (χ2v) is 5.13. The van der Waals surface area contributed by atoms with E-state index in [1.54, 1.807) is 7.11 Å². The minimum Gasteiger partial charge on any atom is -0.495 e. The Morgan fingerprint density at radius 1 is 1.50 bits per heavy atom. The third-order valence-corrected chi connectivity index (χ3v) is 3.76. The van der Waals surface area contributed by atoms with Crippen LogP contribution in [0.2, 0.25) is 5.02 Å². The highest BCUT2D eigenvalue weighted by Crippen LogP contribution is 2.31. The van der Waals surface area contributed by atoms with Gasteiger partial charge in [-0.25, -0.2) is 0 Å². The van der Waals surface area contributed by atoms with E-state index in [0.29, 0.717) is 5.02 Å². The zero-order valence-corrected chi connectivity index (χ0v) is 11.8. The minimum atomic E-state index is 0.685. The van der Waals surface area contributed by atoms with Crippen molar-refractivity contribution < 1.29 is 4.74 Å². The number of hydrogen-bond donors (Lipinski definition) is 1. The van der Waals surface area contributed by atoms with Gasteiger partial charge in [0.2, 0.25) is 0 Å². The number of hydrogen-bond acceptors (Lipinski definition) is 3. The van der Waals surface area contributed by atoms with Gasteiger partial charge in [-0.3, -0.25) is 0 Å². The fraction of sp³-hybridized carbons (Fsp3) is 0.571. The number of nitrogens with one attached hydrogen (secondary N) is 1. The largest absolute Gasteiger partial charge is 0.495 e. The van der Waals surface area contributed by atoms with Crippen LogP contribution < -0.4 is 15.0 Å². The van der Waals surface area contributed by atoms with Crippen molar-refractivity contribution in [2.75, 3.05) is 38.2 Å². The van der Waals surface area contributed by atoms with Crippen LogP contribution >= 0.6 is 11.6 Å². The van der Waals surface area contributed by atoms with Crippen LogP contribution in [0.15, 0.2) is 18.2 Å². The fourth-order valence-corrected chi connectivity index (χ4v) is 2.69. The number of ether oxygens (including phenoxy) is 1. The first kappa shape index (κ1) is 13.5. The Balaban J connectivity index is 1.98. The first-order chi connectivity index (χ1) is 8.74. The molecule has 0 bridgehead atoms. The fourth-order valence-electron chi connectivity index (χ4n) is 2.43. The molecule has 1 saturated heterocycles. The zero-order valence-electron chi connectivity index (χ0n) is 11.1. The van der Waals surface area contributed by atoms with Crippen LogP contribution in [0, 0.1) is 5.92 Å². The van der Waals surface area contributed by atoms with Crippen LogP contribution in [0.3, 0.4) is 0 Å². The molecule has 1 aliphatic rings. The van der Waals surface area contributed by atoms with Crippen molar-refractivity contribution in [1.29, 1.82) is 0 Å². The van der Waals surface area contributed by atoms with Gasteiger partial charge < -0.3 is 15.0 Å². The first-order valence-electron chi connectivity index (χ1n) is 6.53. The molecule has 4 heteroatoms. The van der Waals surface area contributed by atoms with E-state index < -0.39 is 0 Å². The molecule has 0 aliphatic carbocycles. The Labute approximate surface area is 114 Å². The molecule has 1 N–H and O–H groups in total. The van der Waals surface area contributed by atoms with Crippen molar-refractivity contribution in [2.45, 2.75) is 13.3 Å². The molecule has 0 spiro atoms. The van der Waals surface area contributed by atoms with Gasteiger partial charge in [-0.2, -0.15) is 0 Å². The van der Waals surface area contributed by atoms with Gasteiger partial charge in [0.15, 0.2) is 0 Å². The molecule has 3 nitrogen and oxygen atoms in total. The monoisotopic (exact) mass is 268 g/mol. The summed E-state index contributed by atoms with van der Waals surface area (Å²) >= 11 is 6.16. The average Bonchev–Trinajstić information content (AvgIpc) is 2.85. The summed E-state index contributed by atoms with van der Waals surface area (Å²) < 4.78 is 5.18. The first-order valence-corrected chi connectivity index (χ1v) is 6.91. The van der Waals surface area contributed by atoms with E-state index in [9.17, 15) is 0 Å². The third kappa shape index (κ3) is 3.09. The third-order valence-electron chi connectivity index (χ3n) is 3.47. The molecule has 0 aromatic heterocycles.